The number of thioether (sulfide) groups is 1. The van der Waals surface area contributed by atoms with Crippen molar-refractivity contribution in [3.05, 3.63) is 11.8 Å². The van der Waals surface area contributed by atoms with E-state index in [4.69, 9.17) is 5.73 Å². The summed E-state index contributed by atoms with van der Waals surface area (Å²) in [5.74, 6) is 3.77. The quantitative estimate of drug-likeness (QED) is 0.695. The van der Waals surface area contributed by atoms with E-state index in [1.54, 1.807) is 0 Å². The number of hydrogen-bond donors (Lipinski definition) is 2. The van der Waals surface area contributed by atoms with Gasteiger partial charge in [-0.3, -0.25) is 5.10 Å². The largest absolute Gasteiger partial charge is 0.382 e. The molecule has 0 radical (unpaired) electrons. The Morgan fingerprint density at radius 1 is 1.67 bits per heavy atom. The van der Waals surface area contributed by atoms with Crippen LogP contribution in [0.25, 0.3) is 0 Å². The molecule has 0 aliphatic carbocycles. The molecule has 1 aromatic rings. The first-order valence-electron chi connectivity index (χ1n) is 4.25. The Balaban J connectivity index is 2.08. The number of nitrogens with zero attached hydrogens (tertiary/aromatic N) is 1. The molecule has 1 aliphatic rings. The van der Waals surface area contributed by atoms with Gasteiger partial charge in [0.05, 0.1) is 0 Å². The van der Waals surface area contributed by atoms with Gasteiger partial charge in [0.25, 0.3) is 0 Å². The third-order valence-corrected chi connectivity index (χ3v) is 3.43. The summed E-state index contributed by atoms with van der Waals surface area (Å²) in [6.45, 7) is 0. The van der Waals surface area contributed by atoms with Crippen molar-refractivity contribution in [3.8, 4) is 0 Å². The molecule has 4 heteroatoms. The SMILES string of the molecule is Nc1cc(C2CCCSC2)[nH]n1. The van der Waals surface area contributed by atoms with Gasteiger partial charge in [0.15, 0.2) is 0 Å². The lowest BCUT2D eigenvalue weighted by molar-refractivity contribution is 0.641. The number of nitrogens with one attached hydrogen (secondary N) is 1. The number of aromatic amines is 1. The van der Waals surface area contributed by atoms with Crippen LogP contribution in [0.1, 0.15) is 24.5 Å². The fourth-order valence-corrected chi connectivity index (χ4v) is 2.72. The van der Waals surface area contributed by atoms with E-state index >= 15 is 0 Å². The average molecular weight is 183 g/mol. The Morgan fingerprint density at radius 3 is 3.17 bits per heavy atom. The van der Waals surface area contributed by atoms with Gasteiger partial charge in [-0.15, -0.1) is 0 Å². The zero-order valence-electron chi connectivity index (χ0n) is 6.92. The molecule has 1 aromatic heterocycles. The molecule has 1 aliphatic heterocycles. The summed E-state index contributed by atoms with van der Waals surface area (Å²) in [5.41, 5.74) is 6.74. The van der Waals surface area contributed by atoms with Gasteiger partial charge in [0, 0.05) is 23.4 Å². The van der Waals surface area contributed by atoms with Crippen LogP contribution in [0.4, 0.5) is 5.82 Å². The molecule has 0 spiro atoms. The van der Waals surface area contributed by atoms with Gasteiger partial charge in [-0.1, -0.05) is 0 Å². The molecule has 3 nitrogen and oxygen atoms in total. The van der Waals surface area contributed by atoms with Gasteiger partial charge in [0.2, 0.25) is 0 Å². The Hall–Kier alpha value is -0.640. The first-order chi connectivity index (χ1) is 5.86. The van der Waals surface area contributed by atoms with E-state index in [1.807, 2.05) is 17.8 Å². The van der Waals surface area contributed by atoms with E-state index in [0.29, 0.717) is 11.7 Å². The minimum absolute atomic E-state index is 0.612. The molecule has 1 fully saturated rings. The third-order valence-electron chi connectivity index (χ3n) is 2.22. The van der Waals surface area contributed by atoms with Crippen molar-refractivity contribution in [2.75, 3.05) is 17.2 Å². The lowest BCUT2D eigenvalue weighted by Gasteiger charge is -2.19. The monoisotopic (exact) mass is 183 g/mol. The van der Waals surface area contributed by atoms with E-state index in [2.05, 4.69) is 10.2 Å². The second-order valence-electron chi connectivity index (χ2n) is 3.16. The van der Waals surface area contributed by atoms with Gasteiger partial charge in [-0.2, -0.15) is 16.9 Å². The van der Waals surface area contributed by atoms with E-state index in [1.165, 1.54) is 30.0 Å². The lowest BCUT2D eigenvalue weighted by Crippen LogP contribution is -2.08. The Morgan fingerprint density at radius 2 is 2.58 bits per heavy atom. The van der Waals surface area contributed by atoms with E-state index < -0.39 is 0 Å². The highest BCUT2D eigenvalue weighted by Crippen LogP contribution is 2.30. The number of nitrogens with two attached hydrogens (primary N) is 1. The normalized spacial score (nSPS) is 24.2. The van der Waals surface area contributed by atoms with Gasteiger partial charge in [-0.05, 0) is 18.6 Å². The molecule has 0 aromatic carbocycles. The van der Waals surface area contributed by atoms with E-state index in [9.17, 15) is 0 Å². The van der Waals surface area contributed by atoms with E-state index in [-0.39, 0.29) is 0 Å². The van der Waals surface area contributed by atoms with Crippen molar-refractivity contribution < 1.29 is 0 Å². The van der Waals surface area contributed by atoms with Crippen molar-refractivity contribution in [3.63, 3.8) is 0 Å². The molecule has 1 atom stereocenters. The van der Waals surface area contributed by atoms with Crippen LogP contribution in [0.2, 0.25) is 0 Å². The summed E-state index contributed by atoms with van der Waals surface area (Å²) in [5, 5.41) is 6.92. The molecular formula is C8H13N3S. The lowest BCUT2D eigenvalue weighted by atomic mass is 10.0. The molecule has 3 N–H and O–H groups in total. The Kier molecular flexibility index (Phi) is 2.26. The predicted octanol–water partition coefficient (Wildman–Crippen LogP) is 1.60. The van der Waals surface area contributed by atoms with Crippen LogP contribution in [0.5, 0.6) is 0 Å². The van der Waals surface area contributed by atoms with Crippen molar-refractivity contribution in [1.82, 2.24) is 10.2 Å². The fraction of sp³-hybridized carbons (Fsp3) is 0.625. The number of hydrogen-bond acceptors (Lipinski definition) is 3. The fourth-order valence-electron chi connectivity index (χ4n) is 1.55. The first-order valence-corrected chi connectivity index (χ1v) is 5.40. The summed E-state index contributed by atoms with van der Waals surface area (Å²) in [4.78, 5) is 0. The molecular weight excluding hydrogens is 170 g/mol. The van der Waals surface area contributed by atoms with Crippen LogP contribution in [0, 0.1) is 0 Å². The second kappa shape index (κ2) is 3.39. The highest BCUT2D eigenvalue weighted by atomic mass is 32.2. The molecule has 0 saturated carbocycles. The molecule has 1 saturated heterocycles. The summed E-state index contributed by atoms with van der Waals surface area (Å²) in [7, 11) is 0. The zero-order chi connectivity index (χ0) is 8.39. The van der Waals surface area contributed by atoms with Gasteiger partial charge >= 0.3 is 0 Å². The number of nitrogen functional groups attached to an aromatic ring is 1. The number of rotatable bonds is 1. The minimum Gasteiger partial charge on any atom is -0.382 e. The summed E-state index contributed by atoms with van der Waals surface area (Å²) >= 11 is 2.02. The zero-order valence-corrected chi connectivity index (χ0v) is 7.73. The summed E-state index contributed by atoms with van der Waals surface area (Å²) in [6.07, 6.45) is 2.59. The van der Waals surface area contributed by atoms with Crippen LogP contribution in [-0.2, 0) is 0 Å². The van der Waals surface area contributed by atoms with Crippen LogP contribution in [-0.4, -0.2) is 21.7 Å². The highest BCUT2D eigenvalue weighted by molar-refractivity contribution is 7.99. The van der Waals surface area contributed by atoms with Crippen molar-refractivity contribution in [1.29, 1.82) is 0 Å². The molecule has 0 amide bonds. The van der Waals surface area contributed by atoms with Crippen LogP contribution < -0.4 is 5.73 Å². The molecule has 0 bridgehead atoms. The van der Waals surface area contributed by atoms with Crippen molar-refractivity contribution in [2.24, 2.45) is 0 Å². The van der Waals surface area contributed by atoms with Crippen LogP contribution in [0.15, 0.2) is 6.07 Å². The van der Waals surface area contributed by atoms with Crippen LogP contribution >= 0.6 is 11.8 Å². The van der Waals surface area contributed by atoms with E-state index in [0.717, 1.165) is 0 Å². The van der Waals surface area contributed by atoms with Gasteiger partial charge < -0.3 is 5.73 Å². The maximum Gasteiger partial charge on any atom is 0.145 e. The van der Waals surface area contributed by atoms with Gasteiger partial charge in [-0.25, -0.2) is 0 Å². The Labute approximate surface area is 76.1 Å². The smallest absolute Gasteiger partial charge is 0.145 e. The average Bonchev–Trinajstić information content (AvgIpc) is 2.54. The van der Waals surface area contributed by atoms with Crippen LogP contribution in [0.3, 0.4) is 0 Å². The summed E-state index contributed by atoms with van der Waals surface area (Å²) < 4.78 is 0. The molecule has 2 heterocycles. The van der Waals surface area contributed by atoms with Crippen molar-refractivity contribution in [2.45, 2.75) is 18.8 Å². The summed E-state index contributed by atoms with van der Waals surface area (Å²) in [6, 6.07) is 1.95. The third kappa shape index (κ3) is 1.58. The maximum absolute atomic E-state index is 5.54. The van der Waals surface area contributed by atoms with Crippen molar-refractivity contribution >= 4 is 17.6 Å². The van der Waals surface area contributed by atoms with Gasteiger partial charge in [0.1, 0.15) is 5.82 Å². The predicted molar refractivity (Wildman–Crippen MR) is 52.3 cm³/mol. The number of H-pyrrole nitrogens is 1. The standard InChI is InChI=1S/C8H13N3S/c9-8-4-7(10-11-8)6-2-1-3-12-5-6/h4,6H,1-3,5H2,(H3,9,10,11). The number of aromatic nitrogens is 2. The first kappa shape index (κ1) is 7.98. The maximum atomic E-state index is 5.54. The number of anilines is 1. The molecule has 1 unspecified atom stereocenters. The second-order valence-corrected chi connectivity index (χ2v) is 4.31. The molecule has 66 valence electrons. The highest BCUT2D eigenvalue weighted by Gasteiger charge is 2.17. The minimum atomic E-state index is 0.612. The molecule has 12 heavy (non-hydrogen) atoms. The molecule has 2 rings (SSSR count). The Bertz CT molecular complexity index is 253. The topological polar surface area (TPSA) is 54.7 Å².